The second kappa shape index (κ2) is 11.2. The highest BCUT2D eigenvalue weighted by Crippen LogP contribution is 2.26. The lowest BCUT2D eigenvalue weighted by Crippen LogP contribution is -2.33. The fourth-order valence-corrected chi connectivity index (χ4v) is 3.76. The van der Waals surface area contributed by atoms with Crippen molar-refractivity contribution in [2.45, 2.75) is 13.0 Å². The molecule has 0 radical (unpaired) electrons. The molecule has 8 heteroatoms. The number of nitrogens with one attached hydrogen (secondary N) is 1. The summed E-state index contributed by atoms with van der Waals surface area (Å²) in [4.78, 5) is 25.1. The predicted molar refractivity (Wildman–Crippen MR) is 140 cm³/mol. The quantitative estimate of drug-likeness (QED) is 0.125. The van der Waals surface area contributed by atoms with Crippen LogP contribution in [0.3, 0.4) is 0 Å². The average Bonchev–Trinajstić information content (AvgIpc) is 2.86. The van der Waals surface area contributed by atoms with Crippen LogP contribution in [0, 0.1) is 0 Å². The standard InChI is InChI=1S/C27H20BrClN2O4/c1-17(34-25-8-4-6-18-5-2-3-7-23(18)25)26(32)31-30-16-20-15-21(28)11-14-24(20)35-27(33)19-9-12-22(29)13-10-19/h2-17H,1H3,(H,31,32). The van der Waals surface area contributed by atoms with Gasteiger partial charge in [0.2, 0.25) is 0 Å². The van der Waals surface area contributed by atoms with Gasteiger partial charge in [-0.15, -0.1) is 0 Å². The lowest BCUT2D eigenvalue weighted by atomic mass is 10.1. The van der Waals surface area contributed by atoms with Crippen molar-refractivity contribution in [2.75, 3.05) is 0 Å². The summed E-state index contributed by atoms with van der Waals surface area (Å²) in [7, 11) is 0. The van der Waals surface area contributed by atoms with E-state index in [-0.39, 0.29) is 5.75 Å². The van der Waals surface area contributed by atoms with E-state index in [2.05, 4.69) is 26.5 Å². The van der Waals surface area contributed by atoms with Crippen LogP contribution in [0.4, 0.5) is 0 Å². The second-order valence-corrected chi connectivity index (χ2v) is 8.90. The van der Waals surface area contributed by atoms with Crippen LogP contribution >= 0.6 is 27.5 Å². The highest BCUT2D eigenvalue weighted by molar-refractivity contribution is 9.10. The van der Waals surface area contributed by atoms with Gasteiger partial charge in [-0.05, 0) is 60.8 Å². The fourth-order valence-electron chi connectivity index (χ4n) is 3.26. The van der Waals surface area contributed by atoms with Crippen molar-refractivity contribution in [1.82, 2.24) is 5.43 Å². The smallest absolute Gasteiger partial charge is 0.343 e. The maximum atomic E-state index is 12.6. The summed E-state index contributed by atoms with van der Waals surface area (Å²) in [6, 6.07) is 24.9. The number of hydrogen-bond donors (Lipinski definition) is 1. The van der Waals surface area contributed by atoms with Crippen molar-refractivity contribution in [3.8, 4) is 11.5 Å². The number of esters is 1. The second-order valence-electron chi connectivity index (χ2n) is 7.55. The molecular weight excluding hydrogens is 532 g/mol. The van der Waals surface area contributed by atoms with Crippen molar-refractivity contribution in [3.05, 3.63) is 106 Å². The molecule has 4 aromatic rings. The van der Waals surface area contributed by atoms with Crippen LogP contribution in [-0.4, -0.2) is 24.2 Å². The zero-order chi connectivity index (χ0) is 24.8. The molecule has 1 N–H and O–H groups in total. The first-order valence-corrected chi connectivity index (χ1v) is 11.8. The molecule has 0 saturated heterocycles. The summed E-state index contributed by atoms with van der Waals surface area (Å²) < 4.78 is 12.1. The molecule has 4 rings (SSSR count). The summed E-state index contributed by atoms with van der Waals surface area (Å²) in [5.74, 6) is -0.0759. The molecule has 0 bridgehead atoms. The zero-order valence-corrected chi connectivity index (χ0v) is 20.9. The SMILES string of the molecule is CC(Oc1cccc2ccccc12)C(=O)NN=Cc1cc(Br)ccc1OC(=O)c1ccc(Cl)cc1. The van der Waals surface area contributed by atoms with Gasteiger partial charge in [-0.1, -0.05) is 63.9 Å². The summed E-state index contributed by atoms with van der Waals surface area (Å²) in [6.45, 7) is 1.64. The maximum absolute atomic E-state index is 12.6. The minimum atomic E-state index is -0.789. The van der Waals surface area contributed by atoms with E-state index in [0.717, 1.165) is 15.2 Å². The molecule has 4 aromatic carbocycles. The van der Waals surface area contributed by atoms with E-state index >= 15 is 0 Å². The maximum Gasteiger partial charge on any atom is 0.343 e. The Bertz CT molecular complexity index is 1400. The zero-order valence-electron chi connectivity index (χ0n) is 18.6. The summed E-state index contributed by atoms with van der Waals surface area (Å²) >= 11 is 9.27. The van der Waals surface area contributed by atoms with E-state index in [1.54, 1.807) is 49.4 Å². The number of benzene rings is 4. The summed E-state index contributed by atoms with van der Waals surface area (Å²) in [5, 5.41) is 6.48. The van der Waals surface area contributed by atoms with Crippen LogP contribution in [0.25, 0.3) is 10.8 Å². The number of nitrogens with zero attached hydrogens (tertiary/aromatic N) is 1. The third-order valence-corrected chi connectivity index (χ3v) is 5.80. The van der Waals surface area contributed by atoms with Crippen molar-refractivity contribution in [2.24, 2.45) is 5.10 Å². The van der Waals surface area contributed by atoms with Gasteiger partial charge in [-0.2, -0.15) is 5.10 Å². The van der Waals surface area contributed by atoms with Crippen LogP contribution in [-0.2, 0) is 4.79 Å². The Morgan fingerprint density at radius 2 is 1.71 bits per heavy atom. The lowest BCUT2D eigenvalue weighted by molar-refractivity contribution is -0.127. The molecular formula is C27H20BrClN2O4. The van der Waals surface area contributed by atoms with E-state index in [4.69, 9.17) is 21.1 Å². The molecule has 1 amide bonds. The van der Waals surface area contributed by atoms with E-state index in [1.807, 2.05) is 42.5 Å². The number of ether oxygens (including phenoxy) is 2. The van der Waals surface area contributed by atoms with Crippen molar-refractivity contribution >= 4 is 56.4 Å². The van der Waals surface area contributed by atoms with Gasteiger partial charge < -0.3 is 9.47 Å². The Morgan fingerprint density at radius 3 is 2.51 bits per heavy atom. The molecule has 0 aliphatic rings. The van der Waals surface area contributed by atoms with Gasteiger partial charge in [0.05, 0.1) is 11.8 Å². The van der Waals surface area contributed by atoms with Crippen LogP contribution in [0.5, 0.6) is 11.5 Å². The first-order chi connectivity index (χ1) is 16.9. The monoisotopic (exact) mass is 550 g/mol. The van der Waals surface area contributed by atoms with Crippen LogP contribution in [0.2, 0.25) is 5.02 Å². The van der Waals surface area contributed by atoms with Gasteiger partial charge in [-0.3, -0.25) is 4.79 Å². The average molecular weight is 552 g/mol. The first-order valence-electron chi connectivity index (χ1n) is 10.7. The van der Waals surface area contributed by atoms with Gasteiger partial charge >= 0.3 is 5.97 Å². The normalized spacial score (nSPS) is 11.9. The molecule has 0 heterocycles. The molecule has 176 valence electrons. The molecule has 1 unspecified atom stereocenters. The van der Waals surface area contributed by atoms with Crippen LogP contribution < -0.4 is 14.9 Å². The minimum absolute atomic E-state index is 0.284. The largest absolute Gasteiger partial charge is 0.480 e. The Morgan fingerprint density at radius 1 is 0.971 bits per heavy atom. The van der Waals surface area contributed by atoms with E-state index < -0.39 is 18.0 Å². The molecule has 6 nitrogen and oxygen atoms in total. The van der Waals surface area contributed by atoms with Gasteiger partial charge in [-0.25, -0.2) is 10.2 Å². The van der Waals surface area contributed by atoms with Gasteiger partial charge in [0, 0.05) is 20.4 Å². The molecule has 0 spiro atoms. The Labute approximate surface area is 215 Å². The van der Waals surface area contributed by atoms with Crippen molar-refractivity contribution in [1.29, 1.82) is 0 Å². The molecule has 0 aromatic heterocycles. The molecule has 0 aliphatic heterocycles. The highest BCUT2D eigenvalue weighted by Gasteiger charge is 2.16. The fraction of sp³-hybridized carbons (Fsp3) is 0.0741. The number of rotatable bonds is 7. The number of hydrogen-bond acceptors (Lipinski definition) is 5. The Balaban J connectivity index is 1.42. The molecule has 0 saturated carbocycles. The topological polar surface area (TPSA) is 77.0 Å². The first kappa shape index (κ1) is 24.4. The Kier molecular flexibility index (Phi) is 7.80. The lowest BCUT2D eigenvalue weighted by Gasteiger charge is -2.14. The Hall–Kier alpha value is -3.68. The predicted octanol–water partition coefficient (Wildman–Crippen LogP) is 6.39. The van der Waals surface area contributed by atoms with E-state index in [1.165, 1.54) is 6.21 Å². The molecule has 0 fully saturated rings. The van der Waals surface area contributed by atoms with Crippen molar-refractivity contribution < 1.29 is 19.1 Å². The van der Waals surface area contributed by atoms with Gasteiger partial charge in [0.15, 0.2) is 6.10 Å². The molecule has 35 heavy (non-hydrogen) atoms. The third-order valence-electron chi connectivity index (χ3n) is 5.06. The van der Waals surface area contributed by atoms with E-state index in [9.17, 15) is 9.59 Å². The summed E-state index contributed by atoms with van der Waals surface area (Å²) in [6.07, 6.45) is 0.611. The number of fused-ring (bicyclic) bond motifs is 1. The van der Waals surface area contributed by atoms with Gasteiger partial charge in [0.25, 0.3) is 5.91 Å². The highest BCUT2D eigenvalue weighted by atomic mass is 79.9. The number of halogens is 2. The number of carbonyl (C=O) groups is 2. The van der Waals surface area contributed by atoms with E-state index in [0.29, 0.717) is 21.9 Å². The van der Waals surface area contributed by atoms with Crippen LogP contribution in [0.1, 0.15) is 22.8 Å². The number of amides is 1. The summed E-state index contributed by atoms with van der Waals surface area (Å²) in [5.41, 5.74) is 3.32. The van der Waals surface area contributed by atoms with Crippen LogP contribution in [0.15, 0.2) is 94.5 Å². The minimum Gasteiger partial charge on any atom is -0.480 e. The molecule has 1 atom stereocenters. The molecule has 0 aliphatic carbocycles. The number of carbonyl (C=O) groups excluding carboxylic acids is 2. The number of hydrazone groups is 1. The van der Waals surface area contributed by atoms with Crippen molar-refractivity contribution in [3.63, 3.8) is 0 Å². The third kappa shape index (κ3) is 6.26. The van der Waals surface area contributed by atoms with Gasteiger partial charge in [0.1, 0.15) is 11.5 Å².